The normalized spacial score (nSPS) is 20.1. The summed E-state index contributed by atoms with van der Waals surface area (Å²) >= 11 is 0. The molecule has 180 valence electrons. The van der Waals surface area contributed by atoms with E-state index in [1.165, 1.54) is 0 Å². The van der Waals surface area contributed by atoms with Crippen molar-refractivity contribution in [3.8, 4) is 0 Å². The van der Waals surface area contributed by atoms with Gasteiger partial charge >= 0.3 is 6.09 Å². The fourth-order valence-corrected chi connectivity index (χ4v) is 4.52. The highest BCUT2D eigenvalue weighted by atomic mass is 16.5. The van der Waals surface area contributed by atoms with Gasteiger partial charge in [-0.05, 0) is 37.2 Å². The van der Waals surface area contributed by atoms with E-state index in [-0.39, 0.29) is 30.8 Å². The summed E-state index contributed by atoms with van der Waals surface area (Å²) in [6.07, 6.45) is 2.21. The van der Waals surface area contributed by atoms with Gasteiger partial charge in [-0.25, -0.2) is 4.79 Å². The number of carbonyl (C=O) groups is 4. The molecule has 9 heteroatoms. The summed E-state index contributed by atoms with van der Waals surface area (Å²) in [6.45, 7) is 4.61. The molecular weight excluding hydrogens is 424 g/mol. The maximum Gasteiger partial charge on any atom is 0.408 e. The van der Waals surface area contributed by atoms with E-state index in [2.05, 4.69) is 12.2 Å². The van der Waals surface area contributed by atoms with E-state index >= 15 is 0 Å². The first-order valence-electron chi connectivity index (χ1n) is 11.7. The number of benzene rings is 1. The predicted octanol–water partition coefficient (Wildman–Crippen LogP) is 1.65. The van der Waals surface area contributed by atoms with Crippen LogP contribution in [-0.4, -0.2) is 65.8 Å². The van der Waals surface area contributed by atoms with Gasteiger partial charge in [-0.1, -0.05) is 37.3 Å². The summed E-state index contributed by atoms with van der Waals surface area (Å²) in [5.41, 5.74) is 6.11. The van der Waals surface area contributed by atoms with Crippen LogP contribution in [0.15, 0.2) is 30.3 Å². The highest BCUT2D eigenvalue weighted by Gasteiger charge is 2.34. The Labute approximate surface area is 194 Å². The molecule has 9 nitrogen and oxygen atoms in total. The van der Waals surface area contributed by atoms with Crippen LogP contribution in [0.3, 0.4) is 0 Å². The topological polar surface area (TPSA) is 122 Å². The van der Waals surface area contributed by atoms with Crippen LogP contribution in [0.4, 0.5) is 4.79 Å². The summed E-state index contributed by atoms with van der Waals surface area (Å²) in [6, 6.07) is 8.05. The van der Waals surface area contributed by atoms with E-state index in [1.807, 2.05) is 35.2 Å². The van der Waals surface area contributed by atoms with Gasteiger partial charge in [0, 0.05) is 32.1 Å². The van der Waals surface area contributed by atoms with Crippen molar-refractivity contribution < 1.29 is 23.9 Å². The molecule has 2 saturated heterocycles. The SMILES string of the molecule is CC1CCCN(C(=O)C2CCN(C(=O)C(CC(N)=O)NC(=O)OCc3ccccc3)CC2)C1. The Morgan fingerprint density at radius 2 is 1.76 bits per heavy atom. The second kappa shape index (κ2) is 11.7. The van der Waals surface area contributed by atoms with Crippen LogP contribution in [0.2, 0.25) is 0 Å². The number of primary amides is 1. The summed E-state index contributed by atoms with van der Waals surface area (Å²) < 4.78 is 5.18. The standard InChI is InChI=1S/C24H34N4O5/c1-17-6-5-11-28(15-17)22(30)19-9-12-27(13-10-19)23(31)20(14-21(25)29)26-24(32)33-16-18-7-3-2-4-8-18/h2-4,7-8,17,19-20H,5-6,9-16H2,1H3,(H2,25,29)(H,26,32). The summed E-state index contributed by atoms with van der Waals surface area (Å²) in [5, 5.41) is 2.48. The summed E-state index contributed by atoms with van der Waals surface area (Å²) in [4.78, 5) is 53.2. The lowest BCUT2D eigenvalue weighted by atomic mass is 9.92. The minimum absolute atomic E-state index is 0.0484. The molecule has 0 aliphatic carbocycles. The van der Waals surface area contributed by atoms with E-state index in [4.69, 9.17) is 10.5 Å². The minimum atomic E-state index is -1.10. The van der Waals surface area contributed by atoms with Crippen molar-refractivity contribution in [3.63, 3.8) is 0 Å². The second-order valence-electron chi connectivity index (χ2n) is 9.06. The molecule has 1 aromatic rings. The number of likely N-dealkylation sites (tertiary alicyclic amines) is 2. The first-order chi connectivity index (χ1) is 15.8. The number of nitrogens with zero attached hydrogens (tertiary/aromatic N) is 2. The Morgan fingerprint density at radius 1 is 1.06 bits per heavy atom. The number of alkyl carbamates (subject to hydrolysis) is 1. The molecule has 2 unspecified atom stereocenters. The molecule has 2 aliphatic heterocycles. The zero-order valence-corrected chi connectivity index (χ0v) is 19.2. The van der Waals surface area contributed by atoms with Crippen LogP contribution in [-0.2, 0) is 25.7 Å². The lowest BCUT2D eigenvalue weighted by Crippen LogP contribution is -2.53. The van der Waals surface area contributed by atoms with E-state index in [1.54, 1.807) is 4.90 Å². The number of hydrogen-bond acceptors (Lipinski definition) is 5. The van der Waals surface area contributed by atoms with E-state index in [0.717, 1.165) is 31.5 Å². The molecule has 4 amide bonds. The van der Waals surface area contributed by atoms with Gasteiger partial charge in [-0.15, -0.1) is 0 Å². The highest BCUT2D eigenvalue weighted by molar-refractivity contribution is 5.90. The molecule has 0 aromatic heterocycles. The number of hydrogen-bond donors (Lipinski definition) is 2. The van der Waals surface area contributed by atoms with Gasteiger partial charge in [0.15, 0.2) is 0 Å². The Bertz CT molecular complexity index is 839. The van der Waals surface area contributed by atoms with Crippen LogP contribution in [0.25, 0.3) is 0 Å². The fraction of sp³-hybridized carbons (Fsp3) is 0.583. The Hall–Kier alpha value is -3.10. The van der Waals surface area contributed by atoms with Gasteiger partial charge in [0.05, 0.1) is 6.42 Å². The quantitative estimate of drug-likeness (QED) is 0.643. The molecule has 33 heavy (non-hydrogen) atoms. The van der Waals surface area contributed by atoms with Crippen molar-refractivity contribution in [1.82, 2.24) is 15.1 Å². The zero-order valence-electron chi connectivity index (χ0n) is 19.2. The van der Waals surface area contributed by atoms with Crippen molar-refractivity contribution in [2.24, 2.45) is 17.6 Å². The summed E-state index contributed by atoms with van der Waals surface area (Å²) in [5.74, 6) is -0.488. The Morgan fingerprint density at radius 3 is 2.39 bits per heavy atom. The third-order valence-electron chi connectivity index (χ3n) is 6.33. The number of piperidine rings is 2. The smallest absolute Gasteiger partial charge is 0.408 e. The molecule has 2 heterocycles. The zero-order chi connectivity index (χ0) is 23.8. The molecule has 2 aliphatic rings. The van der Waals surface area contributed by atoms with Crippen LogP contribution in [0, 0.1) is 11.8 Å². The van der Waals surface area contributed by atoms with Crippen molar-refractivity contribution in [3.05, 3.63) is 35.9 Å². The van der Waals surface area contributed by atoms with Crippen molar-refractivity contribution in [1.29, 1.82) is 0 Å². The van der Waals surface area contributed by atoms with Gasteiger partial charge < -0.3 is 25.6 Å². The number of amides is 4. The third-order valence-corrected chi connectivity index (χ3v) is 6.33. The molecule has 0 bridgehead atoms. The van der Waals surface area contributed by atoms with Crippen molar-refractivity contribution in [2.45, 2.75) is 51.7 Å². The third kappa shape index (κ3) is 7.20. The van der Waals surface area contributed by atoms with Gasteiger partial charge in [0.25, 0.3) is 0 Å². The van der Waals surface area contributed by atoms with Gasteiger partial charge in [0.2, 0.25) is 17.7 Å². The number of ether oxygens (including phenoxy) is 1. The van der Waals surface area contributed by atoms with Crippen molar-refractivity contribution >= 4 is 23.8 Å². The maximum atomic E-state index is 13.0. The van der Waals surface area contributed by atoms with Gasteiger partial charge in [-0.2, -0.15) is 0 Å². The molecule has 0 saturated carbocycles. The molecule has 0 spiro atoms. The van der Waals surface area contributed by atoms with Crippen LogP contribution in [0.1, 0.15) is 44.6 Å². The summed E-state index contributed by atoms with van der Waals surface area (Å²) in [7, 11) is 0. The minimum Gasteiger partial charge on any atom is -0.445 e. The molecule has 2 atom stereocenters. The van der Waals surface area contributed by atoms with Crippen LogP contribution < -0.4 is 11.1 Å². The number of nitrogens with one attached hydrogen (secondary N) is 1. The first kappa shape index (κ1) is 24.5. The van der Waals surface area contributed by atoms with Crippen LogP contribution >= 0.6 is 0 Å². The Balaban J connectivity index is 1.51. The monoisotopic (exact) mass is 458 g/mol. The number of nitrogens with two attached hydrogens (primary N) is 1. The molecule has 0 radical (unpaired) electrons. The van der Waals surface area contributed by atoms with E-state index in [9.17, 15) is 19.2 Å². The van der Waals surface area contributed by atoms with Crippen LogP contribution in [0.5, 0.6) is 0 Å². The number of rotatable bonds is 7. The maximum absolute atomic E-state index is 13.0. The van der Waals surface area contributed by atoms with Gasteiger partial charge in [-0.3, -0.25) is 14.4 Å². The Kier molecular flexibility index (Phi) is 8.68. The van der Waals surface area contributed by atoms with Gasteiger partial charge in [0.1, 0.15) is 12.6 Å². The predicted molar refractivity (Wildman–Crippen MR) is 122 cm³/mol. The second-order valence-corrected chi connectivity index (χ2v) is 9.06. The lowest BCUT2D eigenvalue weighted by molar-refractivity contribution is -0.143. The lowest BCUT2D eigenvalue weighted by Gasteiger charge is -2.37. The largest absolute Gasteiger partial charge is 0.445 e. The molecule has 3 N–H and O–H groups in total. The average molecular weight is 459 g/mol. The fourth-order valence-electron chi connectivity index (χ4n) is 4.52. The molecule has 2 fully saturated rings. The molecular formula is C24H34N4O5. The average Bonchev–Trinajstić information content (AvgIpc) is 2.82. The number of carbonyl (C=O) groups excluding carboxylic acids is 4. The molecule has 3 rings (SSSR count). The van der Waals surface area contributed by atoms with E-state index < -0.39 is 18.0 Å². The molecule has 1 aromatic carbocycles. The van der Waals surface area contributed by atoms with E-state index in [0.29, 0.717) is 31.8 Å². The first-order valence-corrected chi connectivity index (χ1v) is 11.7. The highest BCUT2D eigenvalue weighted by Crippen LogP contribution is 2.24. The van der Waals surface area contributed by atoms with Crippen molar-refractivity contribution in [2.75, 3.05) is 26.2 Å².